The first-order chi connectivity index (χ1) is 9.65. The minimum Gasteiger partial charge on any atom is -0.345 e. The monoisotopic (exact) mass is 322 g/mol. The predicted octanol–water partition coefficient (Wildman–Crippen LogP) is 5.34. The lowest BCUT2D eigenvalue weighted by Crippen LogP contribution is -1.87. The Labute approximate surface area is 131 Å². The minimum absolute atomic E-state index is 0.548. The van der Waals surface area contributed by atoms with E-state index in [4.69, 9.17) is 23.2 Å². The van der Waals surface area contributed by atoms with Crippen molar-refractivity contribution in [2.45, 2.75) is 13.3 Å². The van der Waals surface area contributed by atoms with E-state index in [0.717, 1.165) is 29.2 Å². The number of aromatic nitrogens is 2. The van der Waals surface area contributed by atoms with Crippen molar-refractivity contribution in [1.29, 1.82) is 0 Å². The van der Waals surface area contributed by atoms with E-state index in [1.807, 2.05) is 25.1 Å². The van der Waals surface area contributed by atoms with Crippen LogP contribution in [0.15, 0.2) is 35.7 Å². The lowest BCUT2D eigenvalue weighted by atomic mass is 10.1. The van der Waals surface area contributed by atoms with Gasteiger partial charge in [0.25, 0.3) is 0 Å². The first kappa shape index (κ1) is 13.7. The van der Waals surface area contributed by atoms with Gasteiger partial charge in [0.15, 0.2) is 0 Å². The van der Waals surface area contributed by atoms with Gasteiger partial charge in [0.05, 0.1) is 15.7 Å². The van der Waals surface area contributed by atoms with Gasteiger partial charge in [-0.1, -0.05) is 41.4 Å². The summed E-state index contributed by atoms with van der Waals surface area (Å²) in [5.74, 6) is 0.941. The molecule has 3 rings (SSSR count). The number of H-pyrrole nitrogens is 1. The molecule has 1 aromatic carbocycles. The van der Waals surface area contributed by atoms with Crippen LogP contribution in [-0.2, 0) is 6.42 Å². The zero-order valence-corrected chi connectivity index (χ0v) is 13.1. The van der Waals surface area contributed by atoms with E-state index in [2.05, 4.69) is 21.4 Å². The molecule has 0 spiro atoms. The SMILES string of the molecule is Cc1[nH]c(Cc2cccs2)nc1-c1cccc(Cl)c1Cl. The molecule has 2 heterocycles. The molecule has 0 aliphatic rings. The summed E-state index contributed by atoms with van der Waals surface area (Å²) in [5.41, 5.74) is 2.73. The van der Waals surface area contributed by atoms with Crippen molar-refractivity contribution in [3.05, 3.63) is 62.2 Å². The summed E-state index contributed by atoms with van der Waals surface area (Å²) in [6.07, 6.45) is 0.802. The number of thiophene rings is 1. The van der Waals surface area contributed by atoms with Crippen LogP contribution in [0.1, 0.15) is 16.4 Å². The maximum atomic E-state index is 6.27. The molecule has 0 aliphatic heterocycles. The van der Waals surface area contributed by atoms with Crippen LogP contribution in [0.2, 0.25) is 10.0 Å². The van der Waals surface area contributed by atoms with Gasteiger partial charge in [-0.2, -0.15) is 0 Å². The Morgan fingerprint density at radius 3 is 2.80 bits per heavy atom. The van der Waals surface area contributed by atoms with E-state index in [1.54, 1.807) is 17.4 Å². The summed E-state index contributed by atoms with van der Waals surface area (Å²) in [5, 5.41) is 3.16. The van der Waals surface area contributed by atoms with Gasteiger partial charge >= 0.3 is 0 Å². The Balaban J connectivity index is 1.98. The van der Waals surface area contributed by atoms with Gasteiger partial charge < -0.3 is 4.98 Å². The predicted molar refractivity (Wildman–Crippen MR) is 85.9 cm³/mol. The van der Waals surface area contributed by atoms with E-state index < -0.39 is 0 Å². The van der Waals surface area contributed by atoms with Crippen molar-refractivity contribution < 1.29 is 0 Å². The number of nitrogens with one attached hydrogen (secondary N) is 1. The third-order valence-electron chi connectivity index (χ3n) is 3.06. The van der Waals surface area contributed by atoms with Crippen molar-refractivity contribution in [2.75, 3.05) is 0 Å². The number of hydrogen-bond donors (Lipinski definition) is 1. The molecule has 102 valence electrons. The normalized spacial score (nSPS) is 10.9. The van der Waals surface area contributed by atoms with E-state index >= 15 is 0 Å². The molecule has 0 atom stereocenters. The average Bonchev–Trinajstić information content (AvgIpc) is 3.03. The maximum Gasteiger partial charge on any atom is 0.112 e. The molecule has 5 heteroatoms. The van der Waals surface area contributed by atoms with Crippen LogP contribution in [0.25, 0.3) is 11.3 Å². The summed E-state index contributed by atoms with van der Waals surface area (Å²) in [6, 6.07) is 9.75. The van der Waals surface area contributed by atoms with Gasteiger partial charge in [0, 0.05) is 22.6 Å². The largest absolute Gasteiger partial charge is 0.345 e. The van der Waals surface area contributed by atoms with E-state index in [0.29, 0.717) is 10.0 Å². The van der Waals surface area contributed by atoms with Crippen LogP contribution in [-0.4, -0.2) is 9.97 Å². The molecule has 0 saturated carbocycles. The molecule has 0 unspecified atom stereocenters. The maximum absolute atomic E-state index is 6.27. The summed E-state index contributed by atoms with van der Waals surface area (Å²) in [7, 11) is 0. The van der Waals surface area contributed by atoms with Crippen molar-refractivity contribution >= 4 is 34.5 Å². The second-order valence-electron chi connectivity index (χ2n) is 4.51. The molecule has 2 aromatic heterocycles. The summed E-state index contributed by atoms with van der Waals surface area (Å²) < 4.78 is 0. The molecule has 0 aliphatic carbocycles. The zero-order valence-electron chi connectivity index (χ0n) is 10.8. The fraction of sp³-hybridized carbons (Fsp3) is 0.133. The third kappa shape index (κ3) is 2.62. The van der Waals surface area contributed by atoms with Gasteiger partial charge in [-0.15, -0.1) is 11.3 Å². The summed E-state index contributed by atoms with van der Waals surface area (Å²) >= 11 is 14.1. The van der Waals surface area contributed by atoms with Gasteiger partial charge in [0.2, 0.25) is 0 Å². The molecule has 0 fully saturated rings. The second-order valence-corrected chi connectivity index (χ2v) is 6.33. The molecule has 1 N–H and O–H groups in total. The highest BCUT2D eigenvalue weighted by Crippen LogP contribution is 2.34. The molecule has 0 radical (unpaired) electrons. The summed E-state index contributed by atoms with van der Waals surface area (Å²) in [4.78, 5) is 9.27. The first-order valence-electron chi connectivity index (χ1n) is 6.17. The Hall–Kier alpha value is -1.29. The smallest absolute Gasteiger partial charge is 0.112 e. The lowest BCUT2D eigenvalue weighted by molar-refractivity contribution is 1.03. The van der Waals surface area contributed by atoms with Crippen LogP contribution in [0.5, 0.6) is 0 Å². The molecular weight excluding hydrogens is 311 g/mol. The Bertz CT molecular complexity index is 732. The van der Waals surface area contributed by atoms with Gasteiger partial charge in [0.1, 0.15) is 5.82 Å². The van der Waals surface area contributed by atoms with Crippen LogP contribution in [0.3, 0.4) is 0 Å². The van der Waals surface area contributed by atoms with Crippen LogP contribution < -0.4 is 0 Å². The van der Waals surface area contributed by atoms with Crippen molar-refractivity contribution in [3.63, 3.8) is 0 Å². The second kappa shape index (κ2) is 5.60. The number of aromatic amines is 1. The third-order valence-corrected chi connectivity index (χ3v) is 4.76. The summed E-state index contributed by atoms with van der Waals surface area (Å²) in [6.45, 7) is 2.00. The Kier molecular flexibility index (Phi) is 3.83. The highest BCUT2D eigenvalue weighted by atomic mass is 35.5. The van der Waals surface area contributed by atoms with Gasteiger partial charge in [-0.05, 0) is 24.4 Å². The number of halogens is 2. The van der Waals surface area contributed by atoms with Crippen LogP contribution >= 0.6 is 34.5 Å². The molecule has 3 aromatic rings. The van der Waals surface area contributed by atoms with E-state index in [9.17, 15) is 0 Å². The number of imidazole rings is 1. The Morgan fingerprint density at radius 1 is 1.20 bits per heavy atom. The van der Waals surface area contributed by atoms with Crippen molar-refractivity contribution in [3.8, 4) is 11.3 Å². The average molecular weight is 323 g/mol. The quantitative estimate of drug-likeness (QED) is 0.692. The fourth-order valence-electron chi connectivity index (χ4n) is 2.13. The van der Waals surface area contributed by atoms with Crippen molar-refractivity contribution in [2.24, 2.45) is 0 Å². The number of rotatable bonds is 3. The highest BCUT2D eigenvalue weighted by molar-refractivity contribution is 7.09. The number of nitrogens with zero attached hydrogens (tertiary/aromatic N) is 1. The van der Waals surface area contributed by atoms with Crippen molar-refractivity contribution in [1.82, 2.24) is 9.97 Å². The standard InChI is InChI=1S/C15H12Cl2N2S/c1-9-15(11-5-2-6-12(16)14(11)17)19-13(18-9)8-10-4-3-7-20-10/h2-7H,8H2,1H3,(H,18,19). The first-order valence-corrected chi connectivity index (χ1v) is 7.81. The number of benzene rings is 1. The topological polar surface area (TPSA) is 28.7 Å². The number of aryl methyl sites for hydroxylation is 1. The molecule has 0 saturated heterocycles. The van der Waals surface area contributed by atoms with E-state index in [-0.39, 0.29) is 0 Å². The number of hydrogen-bond acceptors (Lipinski definition) is 2. The lowest BCUT2D eigenvalue weighted by Gasteiger charge is -2.03. The Morgan fingerprint density at radius 2 is 2.05 bits per heavy atom. The molecular formula is C15H12Cl2N2S. The minimum atomic E-state index is 0.548. The zero-order chi connectivity index (χ0) is 14.1. The van der Waals surface area contributed by atoms with Gasteiger partial charge in [-0.3, -0.25) is 0 Å². The van der Waals surface area contributed by atoms with Gasteiger partial charge in [-0.25, -0.2) is 4.98 Å². The molecule has 2 nitrogen and oxygen atoms in total. The van der Waals surface area contributed by atoms with Crippen LogP contribution in [0.4, 0.5) is 0 Å². The van der Waals surface area contributed by atoms with E-state index in [1.165, 1.54) is 4.88 Å². The van der Waals surface area contributed by atoms with Crippen LogP contribution in [0, 0.1) is 6.92 Å². The fourth-order valence-corrected chi connectivity index (χ4v) is 3.23. The molecule has 0 amide bonds. The molecule has 20 heavy (non-hydrogen) atoms. The molecule has 0 bridgehead atoms. The highest BCUT2D eigenvalue weighted by Gasteiger charge is 2.14.